The summed E-state index contributed by atoms with van der Waals surface area (Å²) < 4.78 is 0. The molecule has 0 aromatic rings. The van der Waals surface area contributed by atoms with E-state index in [9.17, 15) is 33.9 Å². The first-order valence-electron chi connectivity index (χ1n) is 9.34. The van der Waals surface area contributed by atoms with Gasteiger partial charge < -0.3 is 37.6 Å². The van der Waals surface area contributed by atoms with E-state index in [1.807, 2.05) is 0 Å². The van der Waals surface area contributed by atoms with Gasteiger partial charge >= 0.3 is 11.9 Å². The molecule has 9 N–H and O–H groups in total. The van der Waals surface area contributed by atoms with Gasteiger partial charge in [0, 0.05) is 5.75 Å². The van der Waals surface area contributed by atoms with Gasteiger partial charge in [-0.25, -0.2) is 4.79 Å². The van der Waals surface area contributed by atoms with Crippen LogP contribution in [0.4, 0.5) is 0 Å². The average Bonchev–Trinajstić information content (AvgIpc) is 2.68. The molecule has 0 aliphatic carbocycles. The van der Waals surface area contributed by atoms with E-state index in [2.05, 4.69) is 28.6 Å². The molecule has 0 saturated carbocycles. The fourth-order valence-corrected chi connectivity index (χ4v) is 2.53. The van der Waals surface area contributed by atoms with Gasteiger partial charge in [0.1, 0.15) is 18.1 Å². The van der Waals surface area contributed by atoms with Gasteiger partial charge in [0.2, 0.25) is 23.6 Å². The number of amides is 4. The molecule has 0 fully saturated rings. The number of carbonyl (C=O) groups is 6. The molecule has 0 spiro atoms. The SMILES string of the molecule is CCC(C)C(NC(=O)C(CC(=O)O)NC(=O)C(CC(N)=O)NC(=O)C(N)CS)C(=O)O. The summed E-state index contributed by atoms with van der Waals surface area (Å²) in [6.07, 6.45) is -1.12. The van der Waals surface area contributed by atoms with Crippen LogP contribution in [-0.2, 0) is 28.8 Å². The number of hydrogen-bond acceptors (Lipinski definition) is 8. The van der Waals surface area contributed by atoms with Gasteiger partial charge in [-0.15, -0.1) is 0 Å². The van der Waals surface area contributed by atoms with Crippen LogP contribution in [0.25, 0.3) is 0 Å². The number of aliphatic carboxylic acids is 2. The highest BCUT2D eigenvalue weighted by Crippen LogP contribution is 2.09. The number of nitrogens with one attached hydrogen (secondary N) is 3. The van der Waals surface area contributed by atoms with E-state index in [1.165, 1.54) is 0 Å². The zero-order valence-electron chi connectivity index (χ0n) is 17.2. The number of carboxylic acids is 2. The first kappa shape index (κ1) is 28.1. The van der Waals surface area contributed by atoms with E-state index in [0.717, 1.165) is 0 Å². The molecule has 0 aliphatic heterocycles. The molecule has 176 valence electrons. The molecule has 31 heavy (non-hydrogen) atoms. The lowest BCUT2D eigenvalue weighted by atomic mass is 9.98. The van der Waals surface area contributed by atoms with Crippen molar-refractivity contribution in [3.05, 3.63) is 0 Å². The maximum Gasteiger partial charge on any atom is 0.326 e. The maximum absolute atomic E-state index is 12.5. The zero-order valence-corrected chi connectivity index (χ0v) is 18.1. The predicted octanol–water partition coefficient (Wildman–Crippen LogP) is -2.82. The van der Waals surface area contributed by atoms with Gasteiger partial charge in [0.05, 0.1) is 18.9 Å². The summed E-state index contributed by atoms with van der Waals surface area (Å²) in [4.78, 5) is 70.8. The van der Waals surface area contributed by atoms with Gasteiger partial charge in [-0.2, -0.15) is 12.6 Å². The van der Waals surface area contributed by atoms with Crippen LogP contribution >= 0.6 is 12.6 Å². The van der Waals surface area contributed by atoms with Crippen molar-refractivity contribution in [1.82, 2.24) is 16.0 Å². The second-order valence-corrected chi connectivity index (χ2v) is 7.25. The number of rotatable bonds is 14. The zero-order chi connectivity index (χ0) is 24.3. The second kappa shape index (κ2) is 13.4. The lowest BCUT2D eigenvalue weighted by Crippen LogP contribution is -2.58. The molecular formula is C17H29N5O8S. The normalized spacial score (nSPS) is 15.5. The highest BCUT2D eigenvalue weighted by Gasteiger charge is 2.33. The fourth-order valence-electron chi connectivity index (χ4n) is 2.37. The number of carboxylic acid groups (broad SMARTS) is 2. The molecule has 13 nitrogen and oxygen atoms in total. The van der Waals surface area contributed by atoms with Crippen LogP contribution in [0, 0.1) is 5.92 Å². The molecule has 0 saturated heterocycles. The van der Waals surface area contributed by atoms with Crippen LogP contribution in [0.1, 0.15) is 33.1 Å². The Bertz CT molecular complexity index is 704. The van der Waals surface area contributed by atoms with Crippen LogP contribution < -0.4 is 27.4 Å². The van der Waals surface area contributed by atoms with Gasteiger partial charge in [0.15, 0.2) is 0 Å². The third-order valence-electron chi connectivity index (χ3n) is 4.36. The quantitative estimate of drug-likeness (QED) is 0.124. The Labute approximate surface area is 184 Å². The van der Waals surface area contributed by atoms with Gasteiger partial charge in [-0.1, -0.05) is 20.3 Å². The standard InChI is InChI=1S/C17H29N5O8S/c1-3-7(2)13(17(29)30)22-16(28)10(5-12(24)25)21-15(27)9(4-11(19)23)20-14(26)8(18)6-31/h7-10,13,31H,3-6,18H2,1-2H3,(H2,19,23)(H,20,26)(H,21,27)(H,22,28)(H,24,25)(H,29,30). The smallest absolute Gasteiger partial charge is 0.326 e. The van der Waals surface area contributed by atoms with Crippen molar-refractivity contribution in [1.29, 1.82) is 0 Å². The fraction of sp³-hybridized carbons (Fsp3) is 0.647. The van der Waals surface area contributed by atoms with Crippen LogP contribution in [0.2, 0.25) is 0 Å². The average molecular weight is 464 g/mol. The molecule has 0 bridgehead atoms. The molecule has 0 radical (unpaired) electrons. The van der Waals surface area contributed by atoms with Crippen molar-refractivity contribution in [2.45, 2.75) is 57.3 Å². The van der Waals surface area contributed by atoms with Gasteiger partial charge in [-0.05, 0) is 5.92 Å². The Kier molecular flexibility index (Phi) is 12.2. The minimum atomic E-state index is -1.68. The van der Waals surface area contributed by atoms with Crippen LogP contribution in [0.3, 0.4) is 0 Å². The van der Waals surface area contributed by atoms with Crippen molar-refractivity contribution < 1.29 is 39.0 Å². The Hall–Kier alpha value is -2.87. The molecule has 0 aromatic heterocycles. The van der Waals surface area contributed by atoms with Crippen molar-refractivity contribution in [3.8, 4) is 0 Å². The summed E-state index contributed by atoms with van der Waals surface area (Å²) in [5.41, 5.74) is 10.6. The minimum absolute atomic E-state index is 0.0625. The minimum Gasteiger partial charge on any atom is -0.481 e. The number of nitrogens with two attached hydrogens (primary N) is 2. The van der Waals surface area contributed by atoms with Crippen LogP contribution in [0.5, 0.6) is 0 Å². The number of hydrogen-bond donors (Lipinski definition) is 8. The molecule has 5 unspecified atom stereocenters. The third-order valence-corrected chi connectivity index (χ3v) is 4.75. The molecular weight excluding hydrogens is 434 g/mol. The summed E-state index contributed by atoms with van der Waals surface area (Å²) >= 11 is 3.85. The highest BCUT2D eigenvalue weighted by atomic mass is 32.1. The molecule has 0 aliphatic rings. The summed E-state index contributed by atoms with van der Waals surface area (Å²) in [5.74, 6) is -7.24. The first-order valence-corrected chi connectivity index (χ1v) is 9.97. The van der Waals surface area contributed by atoms with Crippen molar-refractivity contribution in [3.63, 3.8) is 0 Å². The Morgan fingerprint density at radius 2 is 1.39 bits per heavy atom. The Balaban J connectivity index is 5.56. The van der Waals surface area contributed by atoms with Crippen LogP contribution in [-0.4, -0.2) is 75.7 Å². The van der Waals surface area contributed by atoms with Crippen molar-refractivity contribution >= 4 is 48.2 Å². The second-order valence-electron chi connectivity index (χ2n) is 6.89. The summed E-state index contributed by atoms with van der Waals surface area (Å²) in [6, 6.07) is -5.64. The Morgan fingerprint density at radius 1 is 0.903 bits per heavy atom. The van der Waals surface area contributed by atoms with E-state index < -0.39 is 78.5 Å². The largest absolute Gasteiger partial charge is 0.481 e. The van der Waals surface area contributed by atoms with Gasteiger partial charge in [0.25, 0.3) is 0 Å². The molecule has 0 rings (SSSR count). The van der Waals surface area contributed by atoms with E-state index >= 15 is 0 Å². The van der Waals surface area contributed by atoms with E-state index in [-0.39, 0.29) is 5.75 Å². The van der Waals surface area contributed by atoms with Crippen LogP contribution in [0.15, 0.2) is 0 Å². The monoisotopic (exact) mass is 463 g/mol. The maximum atomic E-state index is 12.5. The lowest BCUT2D eigenvalue weighted by molar-refractivity contribution is -0.145. The molecule has 0 aromatic carbocycles. The van der Waals surface area contributed by atoms with E-state index in [0.29, 0.717) is 6.42 Å². The third kappa shape index (κ3) is 10.1. The van der Waals surface area contributed by atoms with E-state index in [4.69, 9.17) is 16.6 Å². The summed E-state index contributed by atoms with van der Waals surface area (Å²) in [6.45, 7) is 3.28. The van der Waals surface area contributed by atoms with E-state index in [1.54, 1.807) is 13.8 Å². The Morgan fingerprint density at radius 3 is 1.81 bits per heavy atom. The number of carbonyl (C=O) groups excluding carboxylic acids is 4. The molecule has 0 heterocycles. The first-order chi connectivity index (χ1) is 14.3. The number of primary amides is 1. The summed E-state index contributed by atoms with van der Waals surface area (Å²) in [7, 11) is 0. The number of thiol groups is 1. The summed E-state index contributed by atoms with van der Waals surface area (Å²) in [5, 5.41) is 24.9. The van der Waals surface area contributed by atoms with Crippen molar-refractivity contribution in [2.24, 2.45) is 17.4 Å². The topological polar surface area (TPSA) is 231 Å². The predicted molar refractivity (Wildman–Crippen MR) is 111 cm³/mol. The molecule has 5 atom stereocenters. The lowest BCUT2D eigenvalue weighted by Gasteiger charge is -2.25. The highest BCUT2D eigenvalue weighted by molar-refractivity contribution is 7.80. The van der Waals surface area contributed by atoms with Gasteiger partial charge in [-0.3, -0.25) is 24.0 Å². The van der Waals surface area contributed by atoms with Crippen molar-refractivity contribution in [2.75, 3.05) is 5.75 Å². The molecule has 14 heteroatoms. The molecule has 4 amide bonds.